The average Bonchev–Trinajstić information content (AvgIpc) is 2.98. The fraction of sp³-hybridized carbons (Fsp3) is 0.273. The Labute approximate surface area is 99.8 Å². The first-order valence-corrected chi connectivity index (χ1v) is 5.82. The fourth-order valence-electron chi connectivity index (χ4n) is 1.50. The van der Waals surface area contributed by atoms with Crippen LogP contribution in [0.1, 0.15) is 24.7 Å². The van der Waals surface area contributed by atoms with Crippen molar-refractivity contribution in [1.29, 1.82) is 0 Å². The minimum Gasteiger partial charge on any atom is -0.420 e. The highest BCUT2D eigenvalue weighted by Gasteiger charge is 2.29. The zero-order valence-electron chi connectivity index (χ0n) is 8.28. The monoisotopic (exact) mass is 282 g/mol. The lowest BCUT2D eigenvalue weighted by atomic mass is 10.2. The van der Waals surface area contributed by atoms with Crippen LogP contribution in [0.5, 0.6) is 0 Å². The first-order chi connectivity index (χ1) is 7.74. The molecule has 1 aliphatic rings. The van der Waals surface area contributed by atoms with Gasteiger partial charge in [-0.2, -0.15) is 0 Å². The second kappa shape index (κ2) is 3.66. The van der Waals surface area contributed by atoms with Crippen molar-refractivity contribution in [2.75, 3.05) is 0 Å². The number of hydrogen-bond donors (Lipinski definition) is 0. The second-order valence-corrected chi connectivity index (χ2v) is 4.70. The summed E-state index contributed by atoms with van der Waals surface area (Å²) in [5, 5.41) is 7.96. The normalized spacial score (nSPS) is 15.4. The maximum atomic E-state index is 12.9. The van der Waals surface area contributed by atoms with Crippen molar-refractivity contribution in [3.05, 3.63) is 34.4 Å². The molecule has 82 valence electrons. The summed E-state index contributed by atoms with van der Waals surface area (Å²) in [6.07, 6.45) is 2.23. The van der Waals surface area contributed by atoms with Crippen LogP contribution < -0.4 is 0 Å². The van der Waals surface area contributed by atoms with Crippen LogP contribution in [-0.2, 0) is 0 Å². The summed E-state index contributed by atoms with van der Waals surface area (Å²) >= 11 is 3.28. The van der Waals surface area contributed by atoms with Crippen LogP contribution in [0.4, 0.5) is 4.39 Å². The van der Waals surface area contributed by atoms with E-state index in [1.165, 1.54) is 12.1 Å². The van der Waals surface area contributed by atoms with Gasteiger partial charge in [0, 0.05) is 10.4 Å². The molecule has 0 bridgehead atoms. The van der Waals surface area contributed by atoms with Gasteiger partial charge in [-0.15, -0.1) is 10.2 Å². The molecular weight excluding hydrogens is 275 g/mol. The van der Waals surface area contributed by atoms with Crippen LogP contribution in [0.3, 0.4) is 0 Å². The number of hydrogen-bond acceptors (Lipinski definition) is 3. The van der Waals surface area contributed by atoms with Gasteiger partial charge in [0.05, 0.1) is 5.56 Å². The predicted molar refractivity (Wildman–Crippen MR) is 59.4 cm³/mol. The Kier molecular flexibility index (Phi) is 2.28. The van der Waals surface area contributed by atoms with E-state index < -0.39 is 0 Å². The summed E-state index contributed by atoms with van der Waals surface area (Å²) in [4.78, 5) is 0. The van der Waals surface area contributed by atoms with E-state index in [2.05, 4.69) is 26.1 Å². The van der Waals surface area contributed by atoms with Crippen molar-refractivity contribution in [1.82, 2.24) is 10.2 Å². The Morgan fingerprint density at radius 1 is 1.31 bits per heavy atom. The third-order valence-electron chi connectivity index (χ3n) is 2.53. The maximum absolute atomic E-state index is 12.9. The molecule has 0 N–H and O–H groups in total. The minimum atomic E-state index is -0.294. The molecule has 1 fully saturated rings. The van der Waals surface area contributed by atoms with Crippen LogP contribution in [0.25, 0.3) is 11.5 Å². The van der Waals surface area contributed by atoms with Gasteiger partial charge in [-0.3, -0.25) is 0 Å². The van der Waals surface area contributed by atoms with Crippen molar-refractivity contribution < 1.29 is 8.81 Å². The molecule has 1 aromatic carbocycles. The summed E-state index contributed by atoms with van der Waals surface area (Å²) in [5.41, 5.74) is 0.723. The van der Waals surface area contributed by atoms with Gasteiger partial charge in [-0.1, -0.05) is 0 Å². The Morgan fingerprint density at radius 2 is 2.12 bits per heavy atom. The van der Waals surface area contributed by atoms with Crippen molar-refractivity contribution in [2.24, 2.45) is 0 Å². The molecule has 3 rings (SSSR count). The van der Waals surface area contributed by atoms with E-state index in [9.17, 15) is 4.39 Å². The lowest BCUT2D eigenvalue weighted by Crippen LogP contribution is -1.82. The van der Waals surface area contributed by atoms with Gasteiger partial charge < -0.3 is 4.42 Å². The number of nitrogens with zero attached hydrogens (tertiary/aromatic N) is 2. The van der Waals surface area contributed by atoms with Crippen LogP contribution in [0.15, 0.2) is 27.1 Å². The van der Waals surface area contributed by atoms with E-state index in [1.807, 2.05) is 0 Å². The van der Waals surface area contributed by atoms with Crippen LogP contribution in [-0.4, -0.2) is 10.2 Å². The van der Waals surface area contributed by atoms with Crippen molar-refractivity contribution in [2.45, 2.75) is 18.8 Å². The first-order valence-electron chi connectivity index (χ1n) is 5.03. The van der Waals surface area contributed by atoms with Gasteiger partial charge >= 0.3 is 0 Å². The molecule has 0 spiro atoms. The fourth-order valence-corrected chi connectivity index (χ4v) is 2.02. The number of benzene rings is 1. The minimum absolute atomic E-state index is 0.294. The Hall–Kier alpha value is -1.23. The third kappa shape index (κ3) is 1.75. The van der Waals surface area contributed by atoms with Gasteiger partial charge in [0.15, 0.2) is 0 Å². The largest absolute Gasteiger partial charge is 0.420 e. The van der Waals surface area contributed by atoms with E-state index in [0.717, 1.165) is 18.4 Å². The summed E-state index contributed by atoms with van der Waals surface area (Å²) in [6, 6.07) is 4.39. The zero-order valence-corrected chi connectivity index (χ0v) is 9.87. The highest BCUT2D eigenvalue weighted by molar-refractivity contribution is 9.10. The summed E-state index contributed by atoms with van der Waals surface area (Å²) < 4.78 is 19.1. The molecule has 1 aliphatic carbocycles. The van der Waals surface area contributed by atoms with E-state index in [-0.39, 0.29) is 5.82 Å². The molecule has 0 unspecified atom stereocenters. The topological polar surface area (TPSA) is 38.9 Å². The van der Waals surface area contributed by atoms with E-state index >= 15 is 0 Å². The molecule has 2 aromatic rings. The van der Waals surface area contributed by atoms with E-state index in [0.29, 0.717) is 22.2 Å². The molecule has 1 heterocycles. The average molecular weight is 283 g/mol. The van der Waals surface area contributed by atoms with Gasteiger partial charge in [-0.25, -0.2) is 4.39 Å². The smallest absolute Gasteiger partial charge is 0.248 e. The molecule has 0 amide bonds. The standard InChI is InChI=1S/C11H8BrFN2O/c12-9-5-7(13)3-4-8(9)11-15-14-10(16-11)6-1-2-6/h3-6H,1-2H2. The molecule has 5 heteroatoms. The molecule has 0 aliphatic heterocycles. The lowest BCUT2D eigenvalue weighted by Gasteiger charge is -1.98. The van der Waals surface area contributed by atoms with E-state index in [1.54, 1.807) is 6.07 Å². The van der Waals surface area contributed by atoms with E-state index in [4.69, 9.17) is 4.42 Å². The maximum Gasteiger partial charge on any atom is 0.248 e. The van der Waals surface area contributed by atoms with Gasteiger partial charge in [-0.05, 0) is 47.0 Å². The van der Waals surface area contributed by atoms with Crippen molar-refractivity contribution >= 4 is 15.9 Å². The van der Waals surface area contributed by atoms with Crippen molar-refractivity contribution in [3.63, 3.8) is 0 Å². The summed E-state index contributed by atoms with van der Waals surface area (Å²) in [5.74, 6) is 1.26. The predicted octanol–water partition coefficient (Wildman–Crippen LogP) is 3.52. The Morgan fingerprint density at radius 3 is 2.81 bits per heavy atom. The molecule has 3 nitrogen and oxygen atoms in total. The number of halogens is 2. The highest BCUT2D eigenvalue weighted by Crippen LogP contribution is 2.40. The Bertz CT molecular complexity index is 537. The van der Waals surface area contributed by atoms with Crippen molar-refractivity contribution in [3.8, 4) is 11.5 Å². The lowest BCUT2D eigenvalue weighted by molar-refractivity contribution is 0.508. The molecule has 0 saturated heterocycles. The van der Waals surface area contributed by atoms with Crippen LogP contribution >= 0.6 is 15.9 Å². The quantitative estimate of drug-likeness (QED) is 0.846. The molecule has 16 heavy (non-hydrogen) atoms. The van der Waals surface area contributed by atoms with Crippen LogP contribution in [0, 0.1) is 5.82 Å². The first kappa shape index (κ1) is 9.96. The van der Waals surface area contributed by atoms with Gasteiger partial charge in [0.2, 0.25) is 11.8 Å². The summed E-state index contributed by atoms with van der Waals surface area (Å²) in [6.45, 7) is 0. The SMILES string of the molecule is Fc1ccc(-c2nnc(C3CC3)o2)c(Br)c1. The highest BCUT2D eigenvalue weighted by atomic mass is 79.9. The van der Waals surface area contributed by atoms with Gasteiger partial charge in [0.25, 0.3) is 0 Å². The van der Waals surface area contributed by atoms with Crippen LogP contribution in [0.2, 0.25) is 0 Å². The number of aromatic nitrogens is 2. The Balaban J connectivity index is 2.00. The molecule has 1 saturated carbocycles. The molecular formula is C11H8BrFN2O. The summed E-state index contributed by atoms with van der Waals surface area (Å²) in [7, 11) is 0. The number of rotatable bonds is 2. The molecule has 1 aromatic heterocycles. The second-order valence-electron chi connectivity index (χ2n) is 3.84. The zero-order chi connectivity index (χ0) is 11.1. The molecule has 0 atom stereocenters. The molecule has 0 radical (unpaired) electrons. The third-order valence-corrected chi connectivity index (χ3v) is 3.18. The van der Waals surface area contributed by atoms with Gasteiger partial charge in [0.1, 0.15) is 5.82 Å².